The first kappa shape index (κ1) is 18.4. The van der Waals surface area contributed by atoms with Gasteiger partial charge in [0.2, 0.25) is 5.91 Å². The van der Waals surface area contributed by atoms with Gasteiger partial charge in [0.25, 0.3) is 0 Å². The van der Waals surface area contributed by atoms with Crippen molar-refractivity contribution in [1.82, 2.24) is 29.4 Å². The molecular formula is C21H26N6O. The van der Waals surface area contributed by atoms with Crippen LogP contribution in [0.2, 0.25) is 0 Å². The zero-order valence-electron chi connectivity index (χ0n) is 16.6. The molecule has 0 aliphatic carbocycles. The molecule has 28 heavy (non-hydrogen) atoms. The molecule has 0 bridgehead atoms. The van der Waals surface area contributed by atoms with E-state index in [2.05, 4.69) is 18.9 Å². The zero-order chi connectivity index (χ0) is 19.7. The Morgan fingerprint density at radius 3 is 2.64 bits per heavy atom. The summed E-state index contributed by atoms with van der Waals surface area (Å²) in [5.41, 5.74) is 2.07. The van der Waals surface area contributed by atoms with Gasteiger partial charge in [0.15, 0.2) is 11.6 Å². The Labute approximate surface area is 165 Å². The number of hydrogen-bond donors (Lipinski definition) is 0. The van der Waals surface area contributed by atoms with E-state index in [0.717, 1.165) is 22.9 Å². The van der Waals surface area contributed by atoms with Gasteiger partial charge in [-0.1, -0.05) is 44.2 Å². The lowest BCUT2D eigenvalue weighted by Crippen LogP contribution is -2.44. The molecule has 0 radical (unpaired) electrons. The smallest absolute Gasteiger partial charge is 0.225 e. The first-order valence-electron chi connectivity index (χ1n) is 9.82. The van der Waals surface area contributed by atoms with Gasteiger partial charge in [0, 0.05) is 37.0 Å². The van der Waals surface area contributed by atoms with E-state index in [9.17, 15) is 4.79 Å². The molecule has 3 aromatic rings. The van der Waals surface area contributed by atoms with Crippen molar-refractivity contribution in [3.05, 3.63) is 54.1 Å². The summed E-state index contributed by atoms with van der Waals surface area (Å²) in [4.78, 5) is 19.8. The average molecular weight is 378 g/mol. The van der Waals surface area contributed by atoms with Crippen molar-refractivity contribution >= 4 is 5.91 Å². The first-order chi connectivity index (χ1) is 13.5. The molecule has 146 valence electrons. The van der Waals surface area contributed by atoms with Crippen LogP contribution in [0.3, 0.4) is 0 Å². The van der Waals surface area contributed by atoms with E-state index >= 15 is 0 Å². The summed E-state index contributed by atoms with van der Waals surface area (Å²) >= 11 is 0. The number of aryl methyl sites for hydroxylation is 2. The topological polar surface area (TPSA) is 68.8 Å². The SMILES string of the molecule is Cc1ccnn1CCC(=O)N1CCn2nc(-c3ccccc3)nc2[C@@H]1C(C)C. The van der Waals surface area contributed by atoms with Gasteiger partial charge in [-0.3, -0.25) is 9.48 Å². The van der Waals surface area contributed by atoms with Gasteiger partial charge in [-0.15, -0.1) is 0 Å². The molecule has 7 nitrogen and oxygen atoms in total. The van der Waals surface area contributed by atoms with Crippen molar-refractivity contribution in [1.29, 1.82) is 0 Å². The lowest BCUT2D eigenvalue weighted by Gasteiger charge is -2.37. The van der Waals surface area contributed by atoms with E-state index in [1.54, 1.807) is 6.20 Å². The quantitative estimate of drug-likeness (QED) is 0.684. The Balaban J connectivity index is 1.56. The van der Waals surface area contributed by atoms with Crippen LogP contribution in [-0.4, -0.2) is 41.9 Å². The molecule has 1 atom stereocenters. The normalized spacial score (nSPS) is 16.4. The minimum atomic E-state index is -0.0649. The average Bonchev–Trinajstić information content (AvgIpc) is 3.31. The molecule has 0 N–H and O–H groups in total. The number of carbonyl (C=O) groups excluding carboxylic acids is 1. The first-order valence-corrected chi connectivity index (χ1v) is 9.82. The highest BCUT2D eigenvalue weighted by Gasteiger charge is 2.35. The number of hydrogen-bond acceptors (Lipinski definition) is 4. The number of carbonyl (C=O) groups is 1. The third-order valence-corrected chi connectivity index (χ3v) is 5.30. The third-order valence-electron chi connectivity index (χ3n) is 5.30. The molecule has 3 heterocycles. The molecule has 1 aromatic carbocycles. The van der Waals surface area contributed by atoms with E-state index in [0.29, 0.717) is 26.1 Å². The predicted octanol–water partition coefficient (Wildman–Crippen LogP) is 3.08. The number of benzene rings is 1. The summed E-state index contributed by atoms with van der Waals surface area (Å²) in [6, 6.07) is 11.9. The zero-order valence-corrected chi connectivity index (χ0v) is 16.6. The Morgan fingerprint density at radius 2 is 1.96 bits per heavy atom. The molecule has 1 amide bonds. The van der Waals surface area contributed by atoms with Crippen molar-refractivity contribution in [2.45, 2.75) is 46.3 Å². The summed E-state index contributed by atoms with van der Waals surface area (Å²) in [5, 5.41) is 8.98. The lowest BCUT2D eigenvalue weighted by molar-refractivity contribution is -0.136. The van der Waals surface area contributed by atoms with Gasteiger partial charge in [0.05, 0.1) is 12.6 Å². The summed E-state index contributed by atoms with van der Waals surface area (Å²) in [5.74, 6) is 2.00. The molecule has 0 fully saturated rings. The van der Waals surface area contributed by atoms with Crippen LogP contribution in [0.15, 0.2) is 42.6 Å². The van der Waals surface area contributed by atoms with Crippen LogP contribution in [0, 0.1) is 12.8 Å². The van der Waals surface area contributed by atoms with Crippen LogP contribution in [0.1, 0.15) is 37.8 Å². The summed E-state index contributed by atoms with van der Waals surface area (Å²) in [6.45, 7) is 8.20. The van der Waals surface area contributed by atoms with E-state index in [-0.39, 0.29) is 17.9 Å². The number of fused-ring (bicyclic) bond motifs is 1. The molecule has 0 saturated carbocycles. The molecule has 0 unspecified atom stereocenters. The molecular weight excluding hydrogens is 352 g/mol. The third kappa shape index (κ3) is 3.44. The molecule has 2 aromatic heterocycles. The van der Waals surface area contributed by atoms with Gasteiger partial charge in [-0.05, 0) is 18.9 Å². The minimum absolute atomic E-state index is 0.0649. The van der Waals surface area contributed by atoms with Crippen LogP contribution in [-0.2, 0) is 17.9 Å². The van der Waals surface area contributed by atoms with E-state index in [1.165, 1.54) is 0 Å². The van der Waals surface area contributed by atoms with Crippen molar-refractivity contribution in [2.24, 2.45) is 5.92 Å². The van der Waals surface area contributed by atoms with Gasteiger partial charge in [0.1, 0.15) is 0 Å². The van der Waals surface area contributed by atoms with Gasteiger partial charge in [-0.2, -0.15) is 10.2 Å². The van der Waals surface area contributed by atoms with E-state index in [4.69, 9.17) is 10.1 Å². The summed E-state index contributed by atoms with van der Waals surface area (Å²) in [6.07, 6.45) is 2.20. The molecule has 0 spiro atoms. The lowest BCUT2D eigenvalue weighted by atomic mass is 9.99. The second kappa shape index (κ2) is 7.58. The molecule has 0 saturated heterocycles. The summed E-state index contributed by atoms with van der Waals surface area (Å²) in [7, 11) is 0. The Morgan fingerprint density at radius 1 is 1.18 bits per heavy atom. The van der Waals surface area contributed by atoms with Crippen molar-refractivity contribution in [3.8, 4) is 11.4 Å². The molecule has 1 aliphatic rings. The number of amides is 1. The van der Waals surface area contributed by atoms with Crippen LogP contribution in [0.4, 0.5) is 0 Å². The largest absolute Gasteiger partial charge is 0.330 e. The van der Waals surface area contributed by atoms with Crippen LogP contribution >= 0.6 is 0 Å². The highest BCUT2D eigenvalue weighted by Crippen LogP contribution is 2.32. The van der Waals surface area contributed by atoms with Crippen molar-refractivity contribution < 1.29 is 4.79 Å². The fourth-order valence-electron chi connectivity index (χ4n) is 3.84. The van der Waals surface area contributed by atoms with Crippen molar-refractivity contribution in [2.75, 3.05) is 6.54 Å². The number of aromatic nitrogens is 5. The predicted molar refractivity (Wildman–Crippen MR) is 106 cm³/mol. The van der Waals surface area contributed by atoms with E-state index < -0.39 is 0 Å². The van der Waals surface area contributed by atoms with Crippen LogP contribution < -0.4 is 0 Å². The monoisotopic (exact) mass is 378 g/mol. The highest BCUT2D eigenvalue weighted by atomic mass is 16.2. The Hall–Kier alpha value is -2.96. The van der Waals surface area contributed by atoms with E-state index in [1.807, 2.05) is 57.6 Å². The van der Waals surface area contributed by atoms with Gasteiger partial charge in [-0.25, -0.2) is 9.67 Å². The summed E-state index contributed by atoms with van der Waals surface area (Å²) < 4.78 is 3.84. The maximum Gasteiger partial charge on any atom is 0.225 e. The molecule has 1 aliphatic heterocycles. The number of rotatable bonds is 5. The fraction of sp³-hybridized carbons (Fsp3) is 0.429. The van der Waals surface area contributed by atoms with Gasteiger partial charge < -0.3 is 4.90 Å². The minimum Gasteiger partial charge on any atom is -0.330 e. The standard InChI is InChI=1S/C21H26N6O/c1-15(2)19-21-23-20(17-7-5-4-6-8-17)24-27(21)14-13-25(19)18(28)10-12-26-16(3)9-11-22-26/h4-9,11,15,19H,10,12-14H2,1-3H3/t19-/m0/s1. The molecule has 4 rings (SSSR count). The molecule has 7 heteroatoms. The second-order valence-corrected chi connectivity index (χ2v) is 7.60. The van der Waals surface area contributed by atoms with Crippen molar-refractivity contribution in [3.63, 3.8) is 0 Å². The Kier molecular flexibility index (Phi) is 4.98. The second-order valence-electron chi connectivity index (χ2n) is 7.60. The maximum absolute atomic E-state index is 13.0. The van der Waals surface area contributed by atoms with Gasteiger partial charge >= 0.3 is 0 Å². The fourth-order valence-corrected chi connectivity index (χ4v) is 3.84. The highest BCUT2D eigenvalue weighted by molar-refractivity contribution is 5.76. The Bertz CT molecular complexity index is 958. The number of nitrogens with zero attached hydrogens (tertiary/aromatic N) is 6. The van der Waals surface area contributed by atoms with Crippen LogP contribution in [0.25, 0.3) is 11.4 Å². The maximum atomic E-state index is 13.0. The van der Waals surface area contributed by atoms with Crippen LogP contribution in [0.5, 0.6) is 0 Å².